The Morgan fingerprint density at radius 3 is 2.54 bits per heavy atom. The van der Waals surface area contributed by atoms with Gasteiger partial charge in [0.15, 0.2) is 0 Å². The Morgan fingerprint density at radius 2 is 2.08 bits per heavy atom. The predicted molar refractivity (Wildman–Crippen MR) is 54.8 cm³/mol. The number of unbranched alkanes of at least 4 members (excludes halogenated alkanes) is 1. The molecule has 0 heterocycles. The highest BCUT2D eigenvalue weighted by atomic mass is 31.2. The zero-order chi connectivity index (χ0) is 10.2. The summed E-state index contributed by atoms with van der Waals surface area (Å²) in [5.41, 5.74) is 0. The van der Waals surface area contributed by atoms with E-state index in [-0.39, 0.29) is 6.61 Å². The van der Waals surface area contributed by atoms with Crippen molar-refractivity contribution in [2.45, 2.75) is 19.8 Å². The van der Waals surface area contributed by atoms with Crippen molar-refractivity contribution in [2.75, 3.05) is 13.2 Å². The molecule has 0 radical (unpaired) electrons. The zero-order valence-corrected chi connectivity index (χ0v) is 8.96. The summed E-state index contributed by atoms with van der Waals surface area (Å²) in [5.74, 6) is 1.23. The van der Waals surface area contributed by atoms with Crippen LogP contribution in [0.15, 0.2) is 25.1 Å². The van der Waals surface area contributed by atoms with Crippen molar-refractivity contribution in [2.24, 2.45) is 0 Å². The summed E-state index contributed by atoms with van der Waals surface area (Å²) in [4.78, 5) is 0. The van der Waals surface area contributed by atoms with Crippen LogP contribution in [-0.4, -0.2) is 13.2 Å². The van der Waals surface area contributed by atoms with E-state index in [4.69, 9.17) is 9.05 Å². The highest BCUT2D eigenvalue weighted by Crippen LogP contribution is 2.49. The van der Waals surface area contributed by atoms with Gasteiger partial charge in [-0.3, -0.25) is 4.57 Å². The van der Waals surface area contributed by atoms with Crippen molar-refractivity contribution in [3.05, 3.63) is 25.1 Å². The summed E-state index contributed by atoms with van der Waals surface area (Å²) >= 11 is 0. The van der Waals surface area contributed by atoms with Crippen molar-refractivity contribution < 1.29 is 13.6 Å². The van der Waals surface area contributed by atoms with Crippen LogP contribution in [0, 0.1) is 0 Å². The standard InChI is InChI=1S/C9H17O3P/c1-4-7-9-12-13(10,6-3)11-8-5-2/h5-6H,2-4,7-9H2,1H3. The third-order valence-electron chi connectivity index (χ3n) is 1.37. The second kappa shape index (κ2) is 7.07. The minimum absolute atomic E-state index is 0.218. The first-order valence-corrected chi connectivity index (χ1v) is 5.93. The largest absolute Gasteiger partial charge is 0.353 e. The highest BCUT2D eigenvalue weighted by molar-refractivity contribution is 7.57. The summed E-state index contributed by atoms with van der Waals surface area (Å²) in [6.45, 7) is 9.57. The molecule has 0 aromatic rings. The molecule has 76 valence electrons. The third-order valence-corrected chi connectivity index (χ3v) is 2.86. The number of hydrogen-bond donors (Lipinski definition) is 0. The average molecular weight is 204 g/mol. The summed E-state index contributed by atoms with van der Waals surface area (Å²) in [7, 11) is -3.05. The third kappa shape index (κ3) is 5.81. The fourth-order valence-corrected chi connectivity index (χ4v) is 1.62. The Hall–Kier alpha value is -0.370. The Bertz CT molecular complexity index is 201. The maximum atomic E-state index is 11.6. The van der Waals surface area contributed by atoms with Crippen LogP contribution >= 0.6 is 7.60 Å². The highest BCUT2D eigenvalue weighted by Gasteiger charge is 2.18. The molecule has 0 aliphatic carbocycles. The molecule has 0 saturated carbocycles. The van der Waals surface area contributed by atoms with E-state index < -0.39 is 7.60 Å². The van der Waals surface area contributed by atoms with Gasteiger partial charge < -0.3 is 9.05 Å². The van der Waals surface area contributed by atoms with Gasteiger partial charge in [0.1, 0.15) is 0 Å². The van der Waals surface area contributed by atoms with E-state index in [2.05, 4.69) is 13.2 Å². The van der Waals surface area contributed by atoms with Gasteiger partial charge >= 0.3 is 7.60 Å². The quantitative estimate of drug-likeness (QED) is 0.345. The van der Waals surface area contributed by atoms with Gasteiger partial charge in [-0.05, 0) is 6.42 Å². The summed E-state index contributed by atoms with van der Waals surface area (Å²) in [6.07, 6.45) is 3.40. The summed E-state index contributed by atoms with van der Waals surface area (Å²) in [6, 6.07) is 0. The SMILES string of the molecule is C=CCOP(=O)(C=C)OCCCC. The molecule has 3 nitrogen and oxygen atoms in total. The lowest BCUT2D eigenvalue weighted by atomic mass is 10.4. The lowest BCUT2D eigenvalue weighted by molar-refractivity contribution is 0.225. The van der Waals surface area contributed by atoms with Gasteiger partial charge in [0.25, 0.3) is 0 Å². The van der Waals surface area contributed by atoms with Crippen LogP contribution in [0.1, 0.15) is 19.8 Å². The molecule has 0 amide bonds. The van der Waals surface area contributed by atoms with Crippen molar-refractivity contribution in [1.82, 2.24) is 0 Å². The molecule has 0 aromatic carbocycles. The molecule has 1 unspecified atom stereocenters. The van der Waals surface area contributed by atoms with Gasteiger partial charge in [-0.15, -0.1) is 6.58 Å². The van der Waals surface area contributed by atoms with Gasteiger partial charge in [0.2, 0.25) is 0 Å². The van der Waals surface area contributed by atoms with E-state index >= 15 is 0 Å². The first-order valence-electron chi connectivity index (χ1n) is 4.32. The van der Waals surface area contributed by atoms with Crippen molar-refractivity contribution >= 4 is 7.60 Å². The fraction of sp³-hybridized carbons (Fsp3) is 0.556. The molecule has 13 heavy (non-hydrogen) atoms. The minimum Gasteiger partial charge on any atom is -0.306 e. The molecule has 0 aliphatic rings. The molecular formula is C9H17O3P. The van der Waals surface area contributed by atoms with Crippen LogP contribution in [0.4, 0.5) is 0 Å². The van der Waals surface area contributed by atoms with Gasteiger partial charge in [-0.2, -0.15) is 0 Å². The number of hydrogen-bond acceptors (Lipinski definition) is 3. The van der Waals surface area contributed by atoms with Crippen LogP contribution in [0.25, 0.3) is 0 Å². The first kappa shape index (κ1) is 12.6. The molecule has 0 aromatic heterocycles. The second-order valence-corrected chi connectivity index (χ2v) is 4.45. The van der Waals surface area contributed by atoms with Crippen molar-refractivity contribution in [3.63, 3.8) is 0 Å². The van der Waals surface area contributed by atoms with Gasteiger partial charge in [0, 0.05) is 5.82 Å². The molecule has 1 atom stereocenters. The Kier molecular flexibility index (Phi) is 6.87. The Balaban J connectivity index is 3.88. The van der Waals surface area contributed by atoms with E-state index in [9.17, 15) is 4.57 Å². The molecule has 0 aliphatic heterocycles. The van der Waals surface area contributed by atoms with Crippen molar-refractivity contribution in [1.29, 1.82) is 0 Å². The van der Waals surface area contributed by atoms with E-state index in [0.717, 1.165) is 12.8 Å². The minimum atomic E-state index is -3.05. The maximum absolute atomic E-state index is 11.6. The molecule has 4 heteroatoms. The maximum Gasteiger partial charge on any atom is 0.353 e. The van der Waals surface area contributed by atoms with E-state index in [0.29, 0.717) is 6.61 Å². The van der Waals surface area contributed by atoms with Gasteiger partial charge in [-0.25, -0.2) is 0 Å². The topological polar surface area (TPSA) is 35.5 Å². The van der Waals surface area contributed by atoms with E-state index in [1.807, 2.05) is 6.92 Å². The smallest absolute Gasteiger partial charge is 0.306 e. The normalized spacial score (nSPS) is 14.8. The molecule has 0 saturated heterocycles. The molecule has 0 fully saturated rings. The van der Waals surface area contributed by atoms with E-state index in [1.54, 1.807) is 0 Å². The van der Waals surface area contributed by atoms with Crippen LogP contribution in [0.5, 0.6) is 0 Å². The van der Waals surface area contributed by atoms with Crippen LogP contribution in [-0.2, 0) is 13.6 Å². The van der Waals surface area contributed by atoms with Crippen molar-refractivity contribution in [3.8, 4) is 0 Å². The monoisotopic (exact) mass is 204 g/mol. The Morgan fingerprint density at radius 1 is 1.38 bits per heavy atom. The summed E-state index contributed by atoms with van der Waals surface area (Å²) < 4.78 is 21.7. The van der Waals surface area contributed by atoms with Crippen LogP contribution in [0.2, 0.25) is 0 Å². The molecular weight excluding hydrogens is 187 g/mol. The summed E-state index contributed by atoms with van der Waals surface area (Å²) in [5, 5.41) is 0. The fourth-order valence-electron chi connectivity index (χ4n) is 0.635. The van der Waals surface area contributed by atoms with Gasteiger partial charge in [-0.1, -0.05) is 26.0 Å². The molecule has 0 spiro atoms. The van der Waals surface area contributed by atoms with Crippen LogP contribution < -0.4 is 0 Å². The predicted octanol–water partition coefficient (Wildman–Crippen LogP) is 3.34. The van der Waals surface area contributed by atoms with E-state index in [1.165, 1.54) is 11.9 Å². The van der Waals surface area contributed by atoms with Crippen LogP contribution in [0.3, 0.4) is 0 Å². The lowest BCUT2D eigenvalue weighted by Crippen LogP contribution is -1.95. The molecule has 0 N–H and O–H groups in total. The average Bonchev–Trinajstić information content (AvgIpc) is 2.15. The molecule has 0 bridgehead atoms. The Labute approximate surface area is 80.0 Å². The zero-order valence-electron chi connectivity index (χ0n) is 8.07. The number of rotatable bonds is 8. The second-order valence-electron chi connectivity index (χ2n) is 2.49. The molecule has 0 rings (SSSR count). The lowest BCUT2D eigenvalue weighted by Gasteiger charge is -2.13. The van der Waals surface area contributed by atoms with Gasteiger partial charge in [0.05, 0.1) is 13.2 Å². The first-order chi connectivity index (χ1) is 6.18.